The van der Waals surface area contributed by atoms with Gasteiger partial charge in [0, 0.05) is 0 Å². The van der Waals surface area contributed by atoms with Crippen LogP contribution in [-0.4, -0.2) is 35.1 Å². The second-order valence-electron chi connectivity index (χ2n) is 2.84. The third-order valence-corrected chi connectivity index (χ3v) is 1.83. The summed E-state index contributed by atoms with van der Waals surface area (Å²) in [5.41, 5.74) is -0.651. The van der Waals surface area contributed by atoms with Crippen LogP contribution >= 0.6 is 11.6 Å². The van der Waals surface area contributed by atoms with E-state index in [-0.39, 0.29) is 0 Å². The number of ketones is 1. The third-order valence-electron chi connectivity index (χ3n) is 1.58. The van der Waals surface area contributed by atoms with E-state index in [0.717, 1.165) is 19.3 Å². The lowest BCUT2D eigenvalue weighted by atomic mass is 10.3. The Labute approximate surface area is 93.0 Å². The number of nitrogens with zero attached hydrogens (tertiary/aromatic N) is 1. The molecule has 15 heavy (non-hydrogen) atoms. The van der Waals surface area contributed by atoms with Crippen LogP contribution in [0.25, 0.3) is 0 Å². The van der Waals surface area contributed by atoms with E-state index in [1.54, 1.807) is 0 Å². The zero-order chi connectivity index (χ0) is 11.7. The van der Waals surface area contributed by atoms with E-state index in [1.165, 1.54) is 0 Å². The maximum atomic E-state index is 10.9. The molecule has 0 aliphatic carbocycles. The lowest BCUT2D eigenvalue weighted by Crippen LogP contribution is -2.25. The van der Waals surface area contributed by atoms with Crippen LogP contribution in [0.4, 0.5) is 0 Å². The minimum atomic E-state index is -1.42. The van der Waals surface area contributed by atoms with Crippen molar-refractivity contribution in [2.75, 3.05) is 12.5 Å². The van der Waals surface area contributed by atoms with E-state index in [9.17, 15) is 9.59 Å². The number of unbranched alkanes of at least 4 members (excludes halogenated alkanes) is 2. The molecule has 0 spiro atoms. The van der Waals surface area contributed by atoms with Crippen molar-refractivity contribution in [2.45, 2.75) is 26.2 Å². The van der Waals surface area contributed by atoms with Gasteiger partial charge in [0.2, 0.25) is 11.5 Å². The molecule has 0 heterocycles. The quantitative estimate of drug-likeness (QED) is 0.227. The molecule has 0 saturated carbocycles. The molecule has 0 aliphatic rings. The number of hydrogen-bond donors (Lipinski definition) is 1. The summed E-state index contributed by atoms with van der Waals surface area (Å²) in [6.07, 6.45) is 2.78. The highest BCUT2D eigenvalue weighted by Crippen LogP contribution is 1.95. The largest absolute Gasteiger partial charge is 0.476 e. The maximum absolute atomic E-state index is 10.9. The summed E-state index contributed by atoms with van der Waals surface area (Å²) < 4.78 is 0. The number of hydrogen-bond acceptors (Lipinski definition) is 4. The van der Waals surface area contributed by atoms with Crippen molar-refractivity contribution in [3.05, 3.63) is 0 Å². The van der Waals surface area contributed by atoms with Gasteiger partial charge < -0.3 is 9.94 Å². The average molecular weight is 236 g/mol. The monoisotopic (exact) mass is 235 g/mol. The number of Topliss-reactive ketones (excluding diaryl/α,β-unsaturated/α-hetero) is 1. The smallest absolute Gasteiger partial charge is 0.361 e. The van der Waals surface area contributed by atoms with E-state index in [1.807, 2.05) is 6.92 Å². The number of carboxylic acids is 1. The minimum absolute atomic E-state index is 0.306. The van der Waals surface area contributed by atoms with Crippen LogP contribution in [0.15, 0.2) is 5.16 Å². The summed E-state index contributed by atoms with van der Waals surface area (Å²) in [6.45, 7) is 2.34. The molecular formula is C9H14ClNO4. The van der Waals surface area contributed by atoms with Gasteiger partial charge in [-0.1, -0.05) is 24.9 Å². The van der Waals surface area contributed by atoms with E-state index in [2.05, 4.69) is 5.16 Å². The number of rotatable bonds is 8. The molecule has 0 unspecified atom stereocenters. The fourth-order valence-corrected chi connectivity index (χ4v) is 0.926. The summed E-state index contributed by atoms with van der Waals surface area (Å²) in [6, 6.07) is 0. The van der Waals surface area contributed by atoms with Gasteiger partial charge in [-0.2, -0.15) is 0 Å². The van der Waals surface area contributed by atoms with E-state index >= 15 is 0 Å². The van der Waals surface area contributed by atoms with Crippen LogP contribution in [-0.2, 0) is 14.4 Å². The van der Waals surface area contributed by atoms with Gasteiger partial charge in [-0.25, -0.2) is 4.79 Å². The van der Waals surface area contributed by atoms with Crippen LogP contribution in [0.2, 0.25) is 0 Å². The Hall–Kier alpha value is -1.10. The van der Waals surface area contributed by atoms with Crippen molar-refractivity contribution in [3.8, 4) is 0 Å². The van der Waals surface area contributed by atoms with Gasteiger partial charge in [0.05, 0.1) is 5.88 Å². The summed E-state index contributed by atoms with van der Waals surface area (Å²) in [7, 11) is 0. The van der Waals surface area contributed by atoms with Crippen LogP contribution in [0.5, 0.6) is 0 Å². The number of aliphatic carboxylic acids is 1. The summed E-state index contributed by atoms with van der Waals surface area (Å²) in [5.74, 6) is -2.58. The van der Waals surface area contributed by atoms with Gasteiger partial charge in [-0.15, -0.1) is 11.6 Å². The van der Waals surface area contributed by atoms with Crippen LogP contribution in [0, 0.1) is 0 Å². The first kappa shape index (κ1) is 13.9. The molecule has 6 heteroatoms. The van der Waals surface area contributed by atoms with E-state index in [4.69, 9.17) is 21.5 Å². The Kier molecular flexibility index (Phi) is 7.62. The highest BCUT2D eigenvalue weighted by Gasteiger charge is 2.19. The van der Waals surface area contributed by atoms with Crippen molar-refractivity contribution in [2.24, 2.45) is 5.16 Å². The maximum Gasteiger partial charge on any atom is 0.361 e. The fourth-order valence-electron chi connectivity index (χ4n) is 0.799. The molecule has 1 N–H and O–H groups in total. The van der Waals surface area contributed by atoms with Crippen LogP contribution in [0.3, 0.4) is 0 Å². The lowest BCUT2D eigenvalue weighted by Gasteiger charge is -2.00. The molecule has 0 aromatic rings. The Morgan fingerprint density at radius 2 is 2.07 bits per heavy atom. The fraction of sp³-hybridized carbons (Fsp3) is 0.667. The molecule has 0 rings (SSSR count). The first-order valence-corrected chi connectivity index (χ1v) is 5.19. The molecule has 0 aliphatic heterocycles. The van der Waals surface area contributed by atoms with Crippen molar-refractivity contribution >= 4 is 29.1 Å². The topological polar surface area (TPSA) is 76.0 Å². The number of halogens is 1. The predicted octanol–water partition coefficient (Wildman–Crippen LogP) is 1.44. The van der Waals surface area contributed by atoms with Crippen molar-refractivity contribution in [1.29, 1.82) is 0 Å². The second kappa shape index (κ2) is 8.23. The van der Waals surface area contributed by atoms with Crippen molar-refractivity contribution < 1.29 is 19.5 Å². The normalized spacial score (nSPS) is 11.2. The molecule has 0 aromatic carbocycles. The number of carboxylic acid groups (broad SMARTS) is 1. The minimum Gasteiger partial charge on any atom is -0.476 e. The number of carbonyl (C=O) groups excluding carboxylic acids is 1. The van der Waals surface area contributed by atoms with Gasteiger partial charge in [-0.05, 0) is 6.42 Å². The molecule has 0 aromatic heterocycles. The first-order chi connectivity index (χ1) is 7.13. The highest BCUT2D eigenvalue weighted by molar-refractivity contribution is 6.67. The SMILES string of the molecule is CCCCCON=C(C(=O)O)C(=O)CCl. The number of carbonyl (C=O) groups is 2. The second-order valence-corrected chi connectivity index (χ2v) is 3.11. The van der Waals surface area contributed by atoms with Gasteiger partial charge in [-0.3, -0.25) is 4.79 Å². The molecule has 5 nitrogen and oxygen atoms in total. The summed E-state index contributed by atoms with van der Waals surface area (Å²) in [5, 5.41) is 11.8. The molecule has 86 valence electrons. The Balaban J connectivity index is 4.08. The Morgan fingerprint density at radius 3 is 2.53 bits per heavy atom. The van der Waals surface area contributed by atoms with Crippen molar-refractivity contribution in [3.63, 3.8) is 0 Å². The molecule has 0 fully saturated rings. The Morgan fingerprint density at radius 1 is 1.40 bits per heavy atom. The van der Waals surface area contributed by atoms with Gasteiger partial charge in [0.1, 0.15) is 6.61 Å². The third kappa shape index (κ3) is 6.06. The number of alkyl halides is 1. The van der Waals surface area contributed by atoms with E-state index in [0.29, 0.717) is 6.61 Å². The zero-order valence-corrected chi connectivity index (χ0v) is 9.29. The lowest BCUT2D eigenvalue weighted by molar-refractivity contribution is -0.130. The molecule has 0 saturated heterocycles. The van der Waals surface area contributed by atoms with Crippen LogP contribution < -0.4 is 0 Å². The van der Waals surface area contributed by atoms with Gasteiger partial charge in [0.25, 0.3) is 0 Å². The van der Waals surface area contributed by atoms with Crippen LogP contribution in [0.1, 0.15) is 26.2 Å². The van der Waals surface area contributed by atoms with Gasteiger partial charge in [0.15, 0.2) is 0 Å². The summed E-state index contributed by atoms with van der Waals surface area (Å²) in [4.78, 5) is 26.2. The van der Waals surface area contributed by atoms with E-state index < -0.39 is 23.3 Å². The zero-order valence-electron chi connectivity index (χ0n) is 8.53. The first-order valence-electron chi connectivity index (χ1n) is 4.65. The average Bonchev–Trinajstić information content (AvgIpc) is 2.22. The van der Waals surface area contributed by atoms with Crippen molar-refractivity contribution in [1.82, 2.24) is 0 Å². The number of oxime groups is 1. The molecule has 0 radical (unpaired) electrons. The molecular weight excluding hydrogens is 222 g/mol. The highest BCUT2D eigenvalue weighted by atomic mass is 35.5. The standard InChI is InChI=1S/C9H14ClNO4/c1-2-3-4-5-15-11-8(9(13)14)7(12)6-10/h2-6H2,1H3,(H,13,14). The Bertz CT molecular complexity index is 252. The van der Waals surface area contributed by atoms with Gasteiger partial charge >= 0.3 is 5.97 Å². The molecule has 0 atom stereocenters. The predicted molar refractivity (Wildman–Crippen MR) is 56.3 cm³/mol. The summed E-state index contributed by atoms with van der Waals surface area (Å²) >= 11 is 5.20. The molecule has 0 amide bonds. The molecule has 0 bridgehead atoms.